The molecule has 1 amide bonds. The number of aromatic amines is 1. The fourth-order valence-corrected chi connectivity index (χ4v) is 4.19. The lowest BCUT2D eigenvalue weighted by Gasteiger charge is -2.46. The van der Waals surface area contributed by atoms with E-state index in [1.165, 1.54) is 0 Å². The number of carbonyl (C=O) groups excluding carboxylic acids is 1. The van der Waals surface area contributed by atoms with Gasteiger partial charge in [0.15, 0.2) is 0 Å². The van der Waals surface area contributed by atoms with Crippen LogP contribution >= 0.6 is 0 Å². The first kappa shape index (κ1) is 16.3. The Labute approximate surface area is 147 Å². The van der Waals surface area contributed by atoms with E-state index in [0.717, 1.165) is 42.8 Å². The van der Waals surface area contributed by atoms with Gasteiger partial charge < -0.3 is 10.4 Å². The first-order valence-corrected chi connectivity index (χ1v) is 8.95. The Morgan fingerprint density at radius 3 is 2.96 bits per heavy atom. The molecule has 2 saturated heterocycles. The van der Waals surface area contributed by atoms with Crippen LogP contribution in [0.4, 0.5) is 0 Å². The van der Waals surface area contributed by atoms with Crippen molar-refractivity contribution in [1.82, 2.24) is 20.4 Å². The van der Waals surface area contributed by atoms with Crippen molar-refractivity contribution in [3.05, 3.63) is 42.1 Å². The standard InChI is InChI=1S/C19H24N4O2/c24-16-7-10-23(13-19(16)8-4-9-20-18(19)25)12-15-11-21-22-17(15)14-5-2-1-3-6-14/h1-3,5-6,11,16,24H,4,7-10,12-13H2,(H,20,25)(H,21,22)/t16-,19+/m0/s1. The van der Waals surface area contributed by atoms with Gasteiger partial charge in [0.2, 0.25) is 5.91 Å². The van der Waals surface area contributed by atoms with Crippen LogP contribution in [0.5, 0.6) is 0 Å². The zero-order valence-electron chi connectivity index (χ0n) is 14.2. The summed E-state index contributed by atoms with van der Waals surface area (Å²) in [5.41, 5.74) is 2.59. The third kappa shape index (κ3) is 2.96. The molecule has 25 heavy (non-hydrogen) atoms. The van der Waals surface area contributed by atoms with Crippen LogP contribution in [0, 0.1) is 5.41 Å². The van der Waals surface area contributed by atoms with Gasteiger partial charge in [0.25, 0.3) is 0 Å². The molecule has 6 heteroatoms. The normalized spacial score (nSPS) is 27.4. The number of carbonyl (C=O) groups is 1. The van der Waals surface area contributed by atoms with Crippen molar-refractivity contribution in [2.24, 2.45) is 5.41 Å². The van der Waals surface area contributed by atoms with Crippen molar-refractivity contribution >= 4 is 5.91 Å². The Kier molecular flexibility index (Phi) is 4.31. The molecule has 1 aromatic heterocycles. The molecule has 3 heterocycles. The van der Waals surface area contributed by atoms with Crippen LogP contribution in [0.2, 0.25) is 0 Å². The van der Waals surface area contributed by atoms with Crippen molar-refractivity contribution in [2.45, 2.75) is 31.9 Å². The summed E-state index contributed by atoms with van der Waals surface area (Å²) in [4.78, 5) is 14.8. The summed E-state index contributed by atoms with van der Waals surface area (Å²) in [5.74, 6) is 0.00595. The molecular formula is C19H24N4O2. The van der Waals surface area contributed by atoms with Gasteiger partial charge in [-0.2, -0.15) is 5.10 Å². The summed E-state index contributed by atoms with van der Waals surface area (Å²) in [7, 11) is 0. The Bertz CT molecular complexity index is 745. The van der Waals surface area contributed by atoms with Gasteiger partial charge in [-0.1, -0.05) is 30.3 Å². The molecule has 0 aliphatic carbocycles. The minimum atomic E-state index is -0.660. The highest BCUT2D eigenvalue weighted by atomic mass is 16.3. The van der Waals surface area contributed by atoms with Crippen molar-refractivity contribution in [2.75, 3.05) is 19.6 Å². The second kappa shape index (κ2) is 6.61. The maximum Gasteiger partial charge on any atom is 0.230 e. The number of H-pyrrole nitrogens is 1. The van der Waals surface area contributed by atoms with Crippen LogP contribution in [0.1, 0.15) is 24.8 Å². The second-order valence-corrected chi connectivity index (χ2v) is 7.17. The molecule has 2 aromatic rings. The Morgan fingerprint density at radius 1 is 1.32 bits per heavy atom. The van der Waals surface area contributed by atoms with Gasteiger partial charge in [-0.05, 0) is 24.8 Å². The fraction of sp³-hybridized carbons (Fsp3) is 0.474. The number of aromatic nitrogens is 2. The predicted octanol–water partition coefficient (Wildman–Crippen LogP) is 1.54. The second-order valence-electron chi connectivity index (χ2n) is 7.17. The zero-order valence-corrected chi connectivity index (χ0v) is 14.2. The number of hydrogen-bond donors (Lipinski definition) is 3. The zero-order chi connectivity index (χ0) is 17.3. The molecule has 2 aliphatic heterocycles. The van der Waals surface area contributed by atoms with Gasteiger partial charge in [0.05, 0.1) is 23.4 Å². The summed E-state index contributed by atoms with van der Waals surface area (Å²) >= 11 is 0. The summed E-state index contributed by atoms with van der Waals surface area (Å²) < 4.78 is 0. The lowest BCUT2D eigenvalue weighted by molar-refractivity contribution is -0.149. The lowest BCUT2D eigenvalue weighted by Crippen LogP contribution is -2.61. The van der Waals surface area contributed by atoms with Crippen LogP contribution in [-0.2, 0) is 11.3 Å². The maximum absolute atomic E-state index is 12.5. The molecule has 2 aliphatic rings. The number of piperidine rings is 2. The highest BCUT2D eigenvalue weighted by molar-refractivity contribution is 5.84. The monoisotopic (exact) mass is 340 g/mol. The van der Waals surface area contributed by atoms with Crippen molar-refractivity contribution in [3.63, 3.8) is 0 Å². The SMILES string of the molecule is O=C1NCCC[C@]12CN(Cc1cn[nH]c1-c1ccccc1)CC[C@@H]2O. The van der Waals surface area contributed by atoms with E-state index >= 15 is 0 Å². The molecule has 4 rings (SSSR count). The number of rotatable bonds is 3. The number of benzene rings is 1. The number of amides is 1. The third-order valence-electron chi connectivity index (χ3n) is 5.57. The molecule has 3 N–H and O–H groups in total. The van der Waals surface area contributed by atoms with Crippen LogP contribution < -0.4 is 5.32 Å². The van der Waals surface area contributed by atoms with Gasteiger partial charge in [-0.3, -0.25) is 14.8 Å². The summed E-state index contributed by atoms with van der Waals surface area (Å²) in [6.07, 6.45) is 3.62. The van der Waals surface area contributed by atoms with Gasteiger partial charge in [0, 0.05) is 31.7 Å². The molecule has 2 atom stereocenters. The van der Waals surface area contributed by atoms with Gasteiger partial charge in [0.1, 0.15) is 0 Å². The number of nitrogens with one attached hydrogen (secondary N) is 2. The van der Waals surface area contributed by atoms with E-state index in [-0.39, 0.29) is 5.91 Å². The summed E-state index contributed by atoms with van der Waals surface area (Å²) in [6, 6.07) is 10.1. The van der Waals surface area contributed by atoms with Crippen LogP contribution in [-0.4, -0.2) is 51.8 Å². The fourth-order valence-electron chi connectivity index (χ4n) is 4.19. The van der Waals surface area contributed by atoms with Gasteiger partial charge in [-0.15, -0.1) is 0 Å². The first-order valence-electron chi connectivity index (χ1n) is 8.95. The molecule has 0 bridgehead atoms. The maximum atomic E-state index is 12.5. The van der Waals surface area contributed by atoms with Crippen molar-refractivity contribution in [3.8, 4) is 11.3 Å². The van der Waals surface area contributed by atoms with E-state index in [2.05, 4.69) is 32.5 Å². The number of hydrogen-bond acceptors (Lipinski definition) is 4. The van der Waals surface area contributed by atoms with E-state index in [4.69, 9.17) is 0 Å². The van der Waals surface area contributed by atoms with Gasteiger partial charge in [-0.25, -0.2) is 0 Å². The average molecular weight is 340 g/mol. The van der Waals surface area contributed by atoms with Crippen LogP contribution in [0.25, 0.3) is 11.3 Å². The average Bonchev–Trinajstić information content (AvgIpc) is 3.09. The number of aliphatic hydroxyl groups is 1. The van der Waals surface area contributed by atoms with E-state index in [1.54, 1.807) is 0 Å². The Morgan fingerprint density at radius 2 is 2.16 bits per heavy atom. The molecule has 2 fully saturated rings. The largest absolute Gasteiger partial charge is 0.392 e. The first-order chi connectivity index (χ1) is 12.2. The quantitative estimate of drug-likeness (QED) is 0.792. The van der Waals surface area contributed by atoms with E-state index in [1.807, 2.05) is 24.4 Å². The molecule has 6 nitrogen and oxygen atoms in total. The molecule has 1 spiro atoms. The minimum Gasteiger partial charge on any atom is -0.392 e. The van der Waals surface area contributed by atoms with E-state index in [0.29, 0.717) is 19.5 Å². The van der Waals surface area contributed by atoms with Crippen molar-refractivity contribution in [1.29, 1.82) is 0 Å². The van der Waals surface area contributed by atoms with Crippen LogP contribution in [0.15, 0.2) is 36.5 Å². The number of likely N-dealkylation sites (tertiary alicyclic amines) is 1. The molecular weight excluding hydrogens is 316 g/mol. The molecule has 0 unspecified atom stereocenters. The molecule has 0 saturated carbocycles. The topological polar surface area (TPSA) is 81.2 Å². The van der Waals surface area contributed by atoms with Crippen molar-refractivity contribution < 1.29 is 9.90 Å². The molecule has 132 valence electrons. The van der Waals surface area contributed by atoms with E-state index in [9.17, 15) is 9.90 Å². The summed E-state index contributed by atoms with van der Waals surface area (Å²) in [5, 5.41) is 20.8. The number of aliphatic hydroxyl groups excluding tert-OH is 1. The number of nitrogens with zero attached hydrogens (tertiary/aromatic N) is 2. The molecule has 1 aromatic carbocycles. The highest BCUT2D eigenvalue weighted by Crippen LogP contribution is 2.38. The Balaban J connectivity index is 1.54. The lowest BCUT2D eigenvalue weighted by atomic mass is 9.71. The Hall–Kier alpha value is -2.18. The summed E-state index contributed by atoms with van der Waals surface area (Å²) in [6.45, 7) is 2.82. The van der Waals surface area contributed by atoms with Gasteiger partial charge >= 0.3 is 0 Å². The van der Waals surface area contributed by atoms with E-state index < -0.39 is 11.5 Å². The predicted molar refractivity (Wildman–Crippen MR) is 94.6 cm³/mol. The third-order valence-corrected chi connectivity index (χ3v) is 5.57. The minimum absolute atomic E-state index is 0.00595. The molecule has 0 radical (unpaired) electrons. The smallest absolute Gasteiger partial charge is 0.230 e. The van der Waals surface area contributed by atoms with Crippen LogP contribution in [0.3, 0.4) is 0 Å². The highest BCUT2D eigenvalue weighted by Gasteiger charge is 2.49.